The molecular weight excluding hydrogens is 216 g/mol. The molecule has 4 heteroatoms. The average Bonchev–Trinajstić information content (AvgIpc) is 2.77. The van der Waals surface area contributed by atoms with Gasteiger partial charge in [0.2, 0.25) is 0 Å². The molecule has 4 nitrogen and oxygen atoms in total. The van der Waals surface area contributed by atoms with Crippen molar-refractivity contribution in [3.8, 4) is 0 Å². The van der Waals surface area contributed by atoms with Crippen molar-refractivity contribution in [3.63, 3.8) is 0 Å². The Morgan fingerprint density at radius 2 is 2.18 bits per heavy atom. The van der Waals surface area contributed by atoms with Gasteiger partial charge in [0.15, 0.2) is 0 Å². The van der Waals surface area contributed by atoms with Crippen LogP contribution in [0.5, 0.6) is 0 Å². The lowest BCUT2D eigenvalue weighted by Crippen LogP contribution is -2.33. The van der Waals surface area contributed by atoms with Crippen molar-refractivity contribution >= 4 is 0 Å². The Hall–Kier alpha value is -0.840. The normalized spacial score (nSPS) is 15.1. The number of hydrogen-bond donors (Lipinski definition) is 1. The Kier molecular flexibility index (Phi) is 6.26. The van der Waals surface area contributed by atoms with E-state index < -0.39 is 0 Å². The van der Waals surface area contributed by atoms with Crippen LogP contribution in [0.1, 0.15) is 18.7 Å². The monoisotopic (exact) mass is 240 g/mol. The van der Waals surface area contributed by atoms with E-state index in [1.165, 1.54) is 0 Å². The van der Waals surface area contributed by atoms with Crippen LogP contribution in [0.4, 0.5) is 0 Å². The first kappa shape index (κ1) is 14.2. The third-order valence-electron chi connectivity index (χ3n) is 2.78. The predicted octanol–water partition coefficient (Wildman–Crippen LogP) is 1.75. The number of ether oxygens (including phenoxy) is 1. The van der Waals surface area contributed by atoms with Gasteiger partial charge in [-0.05, 0) is 38.7 Å². The molecule has 0 spiro atoms. The highest BCUT2D eigenvalue weighted by Crippen LogP contribution is 2.17. The first-order valence-corrected chi connectivity index (χ1v) is 6.04. The molecule has 1 heterocycles. The summed E-state index contributed by atoms with van der Waals surface area (Å²) in [5.41, 5.74) is 0. The molecule has 1 N–H and O–H groups in total. The molecule has 2 unspecified atom stereocenters. The molecule has 1 aromatic rings. The second kappa shape index (κ2) is 7.48. The zero-order chi connectivity index (χ0) is 12.7. The summed E-state index contributed by atoms with van der Waals surface area (Å²) >= 11 is 0. The minimum absolute atomic E-state index is 0.278. The van der Waals surface area contributed by atoms with Gasteiger partial charge < -0.3 is 14.5 Å². The fourth-order valence-corrected chi connectivity index (χ4v) is 1.83. The van der Waals surface area contributed by atoms with E-state index in [0.29, 0.717) is 5.92 Å². The van der Waals surface area contributed by atoms with Gasteiger partial charge in [-0.2, -0.15) is 0 Å². The number of nitrogens with one attached hydrogen (secondary N) is 1. The fraction of sp³-hybridized carbons (Fsp3) is 0.692. The Balaban J connectivity index is 2.36. The first-order valence-electron chi connectivity index (χ1n) is 6.04. The van der Waals surface area contributed by atoms with Crippen LogP contribution in [0.2, 0.25) is 0 Å². The van der Waals surface area contributed by atoms with Crippen molar-refractivity contribution in [3.05, 3.63) is 24.2 Å². The highest BCUT2D eigenvalue weighted by Gasteiger charge is 2.16. The number of likely N-dealkylation sites (N-methyl/N-ethyl adjacent to an activating group) is 1. The maximum Gasteiger partial charge on any atom is 0.122 e. The van der Waals surface area contributed by atoms with Crippen LogP contribution < -0.4 is 5.32 Å². The van der Waals surface area contributed by atoms with Gasteiger partial charge in [-0.3, -0.25) is 4.90 Å². The molecule has 17 heavy (non-hydrogen) atoms. The zero-order valence-electron chi connectivity index (χ0n) is 11.3. The van der Waals surface area contributed by atoms with Crippen LogP contribution in [0.25, 0.3) is 0 Å². The molecule has 98 valence electrons. The zero-order valence-corrected chi connectivity index (χ0v) is 11.3. The Morgan fingerprint density at radius 3 is 2.71 bits per heavy atom. The largest absolute Gasteiger partial charge is 0.468 e. The molecule has 0 bridgehead atoms. The lowest BCUT2D eigenvalue weighted by molar-refractivity contribution is 0.156. The van der Waals surface area contributed by atoms with E-state index in [2.05, 4.69) is 31.2 Å². The van der Waals surface area contributed by atoms with Gasteiger partial charge in [0, 0.05) is 20.3 Å². The molecule has 2 atom stereocenters. The van der Waals surface area contributed by atoms with Crippen LogP contribution in [0, 0.1) is 5.92 Å². The van der Waals surface area contributed by atoms with Gasteiger partial charge in [0.1, 0.15) is 5.76 Å². The number of methoxy groups -OCH3 is 1. The summed E-state index contributed by atoms with van der Waals surface area (Å²) in [6, 6.07) is 4.23. The molecular formula is C13H24N2O2. The summed E-state index contributed by atoms with van der Waals surface area (Å²) < 4.78 is 10.6. The van der Waals surface area contributed by atoms with E-state index in [0.717, 1.165) is 25.5 Å². The van der Waals surface area contributed by atoms with Crippen molar-refractivity contribution in [2.75, 3.05) is 40.9 Å². The minimum Gasteiger partial charge on any atom is -0.468 e. The van der Waals surface area contributed by atoms with Crippen LogP contribution in [0.15, 0.2) is 22.8 Å². The first-order chi connectivity index (χ1) is 8.15. The second-order valence-corrected chi connectivity index (χ2v) is 4.71. The average molecular weight is 240 g/mol. The highest BCUT2D eigenvalue weighted by atomic mass is 16.5. The smallest absolute Gasteiger partial charge is 0.122 e. The summed E-state index contributed by atoms with van der Waals surface area (Å²) in [4.78, 5) is 2.16. The van der Waals surface area contributed by atoms with E-state index in [-0.39, 0.29) is 6.04 Å². The second-order valence-electron chi connectivity index (χ2n) is 4.71. The fourth-order valence-electron chi connectivity index (χ4n) is 1.83. The Labute approximate surface area is 104 Å². The third-order valence-corrected chi connectivity index (χ3v) is 2.78. The van der Waals surface area contributed by atoms with Crippen molar-refractivity contribution in [2.45, 2.75) is 13.0 Å². The summed E-state index contributed by atoms with van der Waals surface area (Å²) in [5, 5.41) is 3.46. The number of hydrogen-bond acceptors (Lipinski definition) is 4. The van der Waals surface area contributed by atoms with Crippen LogP contribution in [0.3, 0.4) is 0 Å². The van der Waals surface area contributed by atoms with Crippen molar-refractivity contribution in [2.24, 2.45) is 5.92 Å². The molecule has 0 fully saturated rings. The summed E-state index contributed by atoms with van der Waals surface area (Å²) in [7, 11) is 5.86. The van der Waals surface area contributed by atoms with Gasteiger partial charge >= 0.3 is 0 Å². The summed E-state index contributed by atoms with van der Waals surface area (Å²) in [6.07, 6.45) is 1.72. The molecule has 0 saturated carbocycles. The molecule has 0 radical (unpaired) electrons. The molecule has 0 saturated heterocycles. The number of rotatable bonds is 8. The molecule has 1 rings (SSSR count). The van der Waals surface area contributed by atoms with Crippen molar-refractivity contribution in [1.82, 2.24) is 10.2 Å². The third kappa shape index (κ3) is 4.89. The quantitative estimate of drug-likeness (QED) is 0.751. The van der Waals surface area contributed by atoms with E-state index in [1.54, 1.807) is 13.4 Å². The van der Waals surface area contributed by atoms with Crippen LogP contribution in [-0.4, -0.2) is 45.8 Å². The summed E-state index contributed by atoms with van der Waals surface area (Å²) in [6.45, 7) is 4.81. The summed E-state index contributed by atoms with van der Waals surface area (Å²) in [5.74, 6) is 1.53. The molecule has 0 aliphatic heterocycles. The van der Waals surface area contributed by atoms with Crippen LogP contribution >= 0.6 is 0 Å². The Morgan fingerprint density at radius 1 is 1.41 bits per heavy atom. The topological polar surface area (TPSA) is 37.6 Å². The van der Waals surface area contributed by atoms with Gasteiger partial charge in [-0.15, -0.1) is 0 Å². The van der Waals surface area contributed by atoms with E-state index in [4.69, 9.17) is 9.15 Å². The maximum absolute atomic E-state index is 5.46. The predicted molar refractivity (Wildman–Crippen MR) is 69.0 cm³/mol. The van der Waals surface area contributed by atoms with Crippen molar-refractivity contribution < 1.29 is 9.15 Å². The van der Waals surface area contributed by atoms with Gasteiger partial charge in [-0.25, -0.2) is 0 Å². The molecule has 0 aromatic carbocycles. The van der Waals surface area contributed by atoms with E-state index >= 15 is 0 Å². The lowest BCUT2D eigenvalue weighted by atomic mass is 10.1. The molecule has 1 aromatic heterocycles. The standard InChI is InChI=1S/C13H24N2O2/c1-11(10-16-4)8-14-9-12(15(2)3)13-6-5-7-17-13/h5-7,11-12,14H,8-10H2,1-4H3. The number of nitrogens with zero attached hydrogens (tertiary/aromatic N) is 1. The highest BCUT2D eigenvalue weighted by molar-refractivity contribution is 5.04. The van der Waals surface area contributed by atoms with Crippen LogP contribution in [-0.2, 0) is 4.74 Å². The SMILES string of the molecule is COCC(C)CNCC(c1ccco1)N(C)C. The molecule has 0 amide bonds. The van der Waals surface area contributed by atoms with Gasteiger partial charge in [0.05, 0.1) is 12.3 Å². The van der Waals surface area contributed by atoms with E-state index in [1.807, 2.05) is 12.1 Å². The lowest BCUT2D eigenvalue weighted by Gasteiger charge is -2.23. The van der Waals surface area contributed by atoms with E-state index in [9.17, 15) is 0 Å². The minimum atomic E-state index is 0.278. The maximum atomic E-state index is 5.46. The van der Waals surface area contributed by atoms with Gasteiger partial charge in [-0.1, -0.05) is 6.92 Å². The number of furan rings is 1. The molecule has 0 aliphatic carbocycles. The molecule has 0 aliphatic rings. The van der Waals surface area contributed by atoms with Crippen molar-refractivity contribution in [1.29, 1.82) is 0 Å². The Bertz CT molecular complexity index is 286. The van der Waals surface area contributed by atoms with Gasteiger partial charge in [0.25, 0.3) is 0 Å².